The van der Waals surface area contributed by atoms with E-state index in [2.05, 4.69) is 32.1 Å². The van der Waals surface area contributed by atoms with E-state index in [9.17, 15) is 0 Å². The van der Waals surface area contributed by atoms with Crippen molar-refractivity contribution in [3.63, 3.8) is 0 Å². The first-order valence-corrected chi connectivity index (χ1v) is 3.99. The first kappa shape index (κ1) is 6.72. The molecule has 1 heteroatoms. The second-order valence-electron chi connectivity index (χ2n) is 2.91. The summed E-state index contributed by atoms with van der Waals surface area (Å²) in [5.41, 5.74) is 4.12. The summed E-state index contributed by atoms with van der Waals surface area (Å²) in [5.74, 6) is 0. The van der Waals surface area contributed by atoms with Crippen LogP contribution in [0.15, 0.2) is 24.8 Å². The van der Waals surface area contributed by atoms with E-state index in [1.807, 2.05) is 6.08 Å². The molecule has 0 fully saturated rings. The molecule has 0 spiro atoms. The third kappa shape index (κ3) is 1.11. The van der Waals surface area contributed by atoms with E-state index in [0.29, 0.717) is 0 Å². The van der Waals surface area contributed by atoms with Gasteiger partial charge >= 0.3 is 0 Å². The molecule has 1 aromatic rings. The maximum atomic E-state index is 3.75. The maximum Gasteiger partial charge on any atom is 0.152 e. The van der Waals surface area contributed by atoms with Crippen LogP contribution in [0.4, 0.5) is 0 Å². The summed E-state index contributed by atoms with van der Waals surface area (Å²) in [6, 6.07) is 6.53. The van der Waals surface area contributed by atoms with Gasteiger partial charge < -0.3 is 0 Å². The van der Waals surface area contributed by atoms with Gasteiger partial charge in [-0.3, -0.25) is 0 Å². The van der Waals surface area contributed by atoms with Crippen molar-refractivity contribution in [2.75, 3.05) is 0 Å². The number of fused-ring (bicyclic) bond motifs is 1. The third-order valence-corrected chi connectivity index (χ3v) is 2.18. The number of benzene rings is 1. The van der Waals surface area contributed by atoms with Gasteiger partial charge in [-0.1, -0.05) is 48.2 Å². The van der Waals surface area contributed by atoms with Crippen molar-refractivity contribution in [1.29, 1.82) is 0 Å². The van der Waals surface area contributed by atoms with Crippen LogP contribution >= 0.6 is 0 Å². The normalized spacial score (nSPS) is 13.8. The van der Waals surface area contributed by atoms with Crippen LogP contribution < -0.4 is 5.46 Å². The molecule has 2 rings (SSSR count). The zero-order valence-corrected chi connectivity index (χ0v) is 6.51. The highest BCUT2D eigenvalue weighted by Gasteiger charge is 2.10. The predicted molar refractivity (Wildman–Crippen MR) is 50.4 cm³/mol. The Bertz CT molecular complexity index is 289. The molecule has 1 heterocycles. The molecule has 0 aromatic heterocycles. The van der Waals surface area contributed by atoms with Crippen molar-refractivity contribution >= 4 is 18.8 Å². The van der Waals surface area contributed by atoms with Crippen molar-refractivity contribution < 1.29 is 0 Å². The highest BCUT2D eigenvalue weighted by atomic mass is 14.0. The number of aryl methyl sites for hydroxylation is 1. The van der Waals surface area contributed by atoms with Crippen LogP contribution in [0.25, 0.3) is 6.08 Å². The Morgan fingerprint density at radius 2 is 2.36 bits per heavy atom. The lowest BCUT2D eigenvalue weighted by Crippen LogP contribution is -2.09. The molecule has 0 saturated heterocycles. The van der Waals surface area contributed by atoms with Gasteiger partial charge in [-0.25, -0.2) is 0 Å². The Labute approximate surface area is 68.2 Å². The average molecular weight is 141 g/mol. The molecule has 0 aliphatic carbocycles. The zero-order valence-electron chi connectivity index (χ0n) is 6.51. The van der Waals surface area contributed by atoms with Crippen LogP contribution in [-0.2, 0) is 6.42 Å². The van der Waals surface area contributed by atoms with Crippen molar-refractivity contribution in [3.8, 4) is 0 Å². The number of hydrogen-bond donors (Lipinski definition) is 0. The van der Waals surface area contributed by atoms with Crippen LogP contribution in [0.5, 0.6) is 0 Å². The van der Waals surface area contributed by atoms with Gasteiger partial charge in [0, 0.05) is 0 Å². The van der Waals surface area contributed by atoms with Crippen LogP contribution in [0, 0.1) is 0 Å². The molecule has 53 valence electrons. The number of hydrogen-bond acceptors (Lipinski definition) is 0. The molecule has 0 atom stereocenters. The first-order chi connectivity index (χ1) is 5.40. The van der Waals surface area contributed by atoms with Gasteiger partial charge in [-0.05, 0) is 12.0 Å². The Hall–Kier alpha value is -0.975. The molecule has 11 heavy (non-hydrogen) atoms. The summed E-state index contributed by atoms with van der Waals surface area (Å²) in [6.07, 6.45) is 4.31. The minimum absolute atomic E-state index is 1.20. The van der Waals surface area contributed by atoms with Crippen LogP contribution in [0.3, 0.4) is 0 Å². The Morgan fingerprint density at radius 3 is 3.18 bits per heavy atom. The second-order valence-corrected chi connectivity index (χ2v) is 2.91. The summed E-state index contributed by atoms with van der Waals surface area (Å²) >= 11 is 0. The number of rotatable bonds is 1. The molecule has 1 aromatic carbocycles. The molecule has 1 aliphatic heterocycles. The minimum Gasteiger partial charge on any atom is -0.0985 e. The molecule has 0 bridgehead atoms. The van der Waals surface area contributed by atoms with Gasteiger partial charge in [-0.15, -0.1) is 0 Å². The molecule has 0 unspecified atom stereocenters. The zero-order chi connectivity index (χ0) is 7.68. The van der Waals surface area contributed by atoms with Gasteiger partial charge in [0.1, 0.15) is 0 Å². The summed E-state index contributed by atoms with van der Waals surface area (Å²) in [7, 11) is 2.29. The van der Waals surface area contributed by atoms with Crippen LogP contribution in [0.2, 0.25) is 6.32 Å². The quantitative estimate of drug-likeness (QED) is 0.521. The fraction of sp³-hybridized carbons (Fsp3) is 0.200. The lowest BCUT2D eigenvalue weighted by molar-refractivity contribution is 1.17. The van der Waals surface area contributed by atoms with Gasteiger partial charge in [0.05, 0.1) is 0 Å². The molecule has 1 aliphatic rings. The van der Waals surface area contributed by atoms with Crippen molar-refractivity contribution in [1.82, 2.24) is 0 Å². The van der Waals surface area contributed by atoms with E-state index in [0.717, 1.165) is 0 Å². The van der Waals surface area contributed by atoms with E-state index < -0.39 is 0 Å². The van der Waals surface area contributed by atoms with E-state index in [1.165, 1.54) is 29.3 Å². The van der Waals surface area contributed by atoms with Crippen molar-refractivity contribution in [2.24, 2.45) is 0 Å². The predicted octanol–water partition coefficient (Wildman–Crippen LogP) is 1.63. The lowest BCUT2D eigenvalue weighted by Gasteiger charge is -1.99. The van der Waals surface area contributed by atoms with E-state index in [1.54, 1.807) is 0 Å². The molecule has 0 amide bonds. The van der Waals surface area contributed by atoms with E-state index >= 15 is 0 Å². The van der Waals surface area contributed by atoms with Gasteiger partial charge in [0.25, 0.3) is 0 Å². The lowest BCUT2D eigenvalue weighted by atomic mass is 9.72. The fourth-order valence-electron chi connectivity index (χ4n) is 1.55. The fourth-order valence-corrected chi connectivity index (χ4v) is 1.55. The third-order valence-electron chi connectivity index (χ3n) is 2.18. The van der Waals surface area contributed by atoms with Crippen molar-refractivity contribution in [3.05, 3.63) is 35.9 Å². The monoisotopic (exact) mass is 141 g/mol. The Kier molecular flexibility index (Phi) is 1.57. The molecular weight excluding hydrogens is 131 g/mol. The molecule has 0 nitrogen and oxygen atoms in total. The van der Waals surface area contributed by atoms with Crippen LogP contribution in [-0.4, -0.2) is 7.28 Å². The first-order valence-electron chi connectivity index (χ1n) is 3.99. The van der Waals surface area contributed by atoms with Crippen molar-refractivity contribution in [2.45, 2.75) is 12.7 Å². The van der Waals surface area contributed by atoms with Gasteiger partial charge in [0.15, 0.2) is 7.28 Å². The van der Waals surface area contributed by atoms with Gasteiger partial charge in [0.2, 0.25) is 0 Å². The molecular formula is C10H10B. The standard InChI is InChI=1S/C10H10B/c1-2-8-3-4-10-9(7-8)5-6-11-10/h2-4,7H,1,5-6H2. The smallest absolute Gasteiger partial charge is 0.0985 e. The highest BCUT2D eigenvalue weighted by Crippen LogP contribution is 2.11. The highest BCUT2D eigenvalue weighted by molar-refractivity contribution is 6.55. The average Bonchev–Trinajstić information content (AvgIpc) is 2.50. The molecule has 0 saturated carbocycles. The van der Waals surface area contributed by atoms with E-state index in [4.69, 9.17) is 0 Å². The maximum absolute atomic E-state index is 3.75. The topological polar surface area (TPSA) is 0 Å². The summed E-state index contributed by atoms with van der Waals surface area (Å²) in [4.78, 5) is 0. The minimum atomic E-state index is 1.20. The van der Waals surface area contributed by atoms with Gasteiger partial charge in [-0.2, -0.15) is 0 Å². The SMILES string of the molecule is C=Cc1ccc2c(c1)CC[B]2. The largest absolute Gasteiger partial charge is 0.152 e. The summed E-state index contributed by atoms with van der Waals surface area (Å²) in [6.45, 7) is 3.75. The molecule has 1 radical (unpaired) electrons. The Morgan fingerprint density at radius 1 is 1.45 bits per heavy atom. The van der Waals surface area contributed by atoms with E-state index in [-0.39, 0.29) is 0 Å². The molecule has 0 N–H and O–H groups in total. The summed E-state index contributed by atoms with van der Waals surface area (Å²) < 4.78 is 0. The summed E-state index contributed by atoms with van der Waals surface area (Å²) in [5, 5.41) is 0. The Balaban J connectivity index is 2.48. The van der Waals surface area contributed by atoms with Crippen LogP contribution in [0.1, 0.15) is 11.1 Å². The second kappa shape index (κ2) is 2.57.